The maximum absolute atomic E-state index is 13.0. The van der Waals surface area contributed by atoms with Gasteiger partial charge in [-0.3, -0.25) is 4.79 Å². The van der Waals surface area contributed by atoms with Crippen LogP contribution in [0.3, 0.4) is 0 Å². The summed E-state index contributed by atoms with van der Waals surface area (Å²) in [4.78, 5) is 11.7. The third-order valence-corrected chi connectivity index (χ3v) is 2.94. The zero-order valence-electron chi connectivity index (χ0n) is 10.7. The van der Waals surface area contributed by atoms with E-state index >= 15 is 0 Å². The summed E-state index contributed by atoms with van der Waals surface area (Å²) < 4.78 is 25.9. The van der Waals surface area contributed by atoms with Crippen molar-refractivity contribution in [3.8, 4) is 0 Å². The van der Waals surface area contributed by atoms with Gasteiger partial charge in [0.05, 0.1) is 0 Å². The molecule has 1 N–H and O–H groups in total. The Morgan fingerprint density at radius 1 is 1.32 bits per heavy atom. The number of aliphatic hydroxyl groups excluding tert-OH is 1. The monoisotopic (exact) mass is 268 g/mol. The molecule has 4 heteroatoms. The summed E-state index contributed by atoms with van der Waals surface area (Å²) >= 11 is 0. The Bertz CT molecular complexity index is 415. The number of carbonyl (C=O) groups is 1. The molecule has 104 valence electrons. The normalized spacial score (nSPS) is 13.0. The average Bonchev–Trinajstić information content (AvgIpc) is 2.43. The number of Topliss-reactive ketones (excluding diaryl/α,β-unsaturated/α-hetero) is 1. The number of unbranched alkanes of at least 4 members (excludes halogenated alkanes) is 1. The predicted octanol–water partition coefficient (Wildman–Crippen LogP) is 3.61. The van der Waals surface area contributed by atoms with Crippen LogP contribution in [-0.2, 0) is 0 Å². The Morgan fingerprint density at radius 2 is 1.95 bits per heavy atom. The summed E-state index contributed by atoms with van der Waals surface area (Å²) in [7, 11) is 0. The molecule has 0 aliphatic carbocycles. The predicted molar refractivity (Wildman–Crippen MR) is 70.4 cm³/mol. The number of aliphatic hydroxyl groups is 1. The number of halogens is 2. The van der Waals surface area contributed by atoms with Gasteiger partial charge in [-0.2, -0.15) is 8.78 Å². The van der Waals surface area contributed by atoms with Crippen molar-refractivity contribution in [3.05, 3.63) is 48.6 Å². The van der Waals surface area contributed by atoms with Crippen LogP contribution in [0.15, 0.2) is 43.0 Å². The summed E-state index contributed by atoms with van der Waals surface area (Å²) in [6.07, 6.45) is -0.150. The van der Waals surface area contributed by atoms with E-state index in [0.29, 0.717) is 30.9 Å². The average molecular weight is 268 g/mol. The maximum Gasteiger partial charge on any atom is 0.291 e. The van der Waals surface area contributed by atoms with Crippen LogP contribution in [0.25, 0.3) is 0 Å². The molecule has 0 aliphatic heterocycles. The van der Waals surface area contributed by atoms with Crippen molar-refractivity contribution < 1.29 is 18.7 Å². The van der Waals surface area contributed by atoms with Gasteiger partial charge < -0.3 is 5.11 Å². The molecule has 0 heterocycles. The highest BCUT2D eigenvalue weighted by molar-refractivity contribution is 5.95. The van der Waals surface area contributed by atoms with Crippen LogP contribution in [0.2, 0.25) is 0 Å². The van der Waals surface area contributed by atoms with Crippen LogP contribution in [0.4, 0.5) is 8.78 Å². The molecule has 1 atom stereocenters. The third kappa shape index (κ3) is 4.91. The minimum atomic E-state index is -3.26. The lowest BCUT2D eigenvalue weighted by Crippen LogP contribution is -2.30. The van der Waals surface area contributed by atoms with E-state index in [2.05, 4.69) is 6.58 Å². The molecular weight excluding hydrogens is 250 g/mol. The fourth-order valence-electron chi connectivity index (χ4n) is 1.72. The fourth-order valence-corrected chi connectivity index (χ4v) is 1.72. The topological polar surface area (TPSA) is 37.3 Å². The van der Waals surface area contributed by atoms with Crippen LogP contribution in [0.1, 0.15) is 36.0 Å². The molecule has 0 spiro atoms. The van der Waals surface area contributed by atoms with E-state index in [-0.39, 0.29) is 12.2 Å². The molecule has 1 rings (SSSR count). The lowest BCUT2D eigenvalue weighted by Gasteiger charge is -2.18. The Balaban J connectivity index is 2.28. The summed E-state index contributed by atoms with van der Waals surface area (Å²) in [5.41, 5.74) is 0.625. The van der Waals surface area contributed by atoms with Gasteiger partial charge in [-0.1, -0.05) is 43.3 Å². The first-order valence-corrected chi connectivity index (χ1v) is 6.25. The van der Waals surface area contributed by atoms with Gasteiger partial charge in [-0.05, 0) is 18.9 Å². The van der Waals surface area contributed by atoms with Crippen molar-refractivity contribution in [2.24, 2.45) is 0 Å². The lowest BCUT2D eigenvalue weighted by molar-refractivity contribution is -0.0730. The summed E-state index contributed by atoms with van der Waals surface area (Å²) in [6, 6.07) is 8.83. The van der Waals surface area contributed by atoms with Crippen LogP contribution in [0, 0.1) is 0 Å². The molecule has 0 fully saturated rings. The zero-order valence-corrected chi connectivity index (χ0v) is 10.7. The molecule has 0 bridgehead atoms. The van der Waals surface area contributed by atoms with E-state index in [1.165, 1.54) is 0 Å². The smallest absolute Gasteiger partial charge is 0.291 e. The molecule has 0 saturated carbocycles. The van der Waals surface area contributed by atoms with Crippen molar-refractivity contribution >= 4 is 5.78 Å². The number of ketones is 1. The van der Waals surface area contributed by atoms with Crippen molar-refractivity contribution in [2.75, 3.05) is 0 Å². The summed E-state index contributed by atoms with van der Waals surface area (Å²) in [6.45, 7) is 2.99. The van der Waals surface area contributed by atoms with Crippen LogP contribution >= 0.6 is 0 Å². The van der Waals surface area contributed by atoms with Crippen molar-refractivity contribution in [2.45, 2.75) is 37.7 Å². The minimum absolute atomic E-state index is 0.00873. The van der Waals surface area contributed by atoms with Gasteiger partial charge in [0, 0.05) is 12.0 Å². The van der Waals surface area contributed by atoms with E-state index in [9.17, 15) is 18.7 Å². The summed E-state index contributed by atoms with van der Waals surface area (Å²) in [5, 5.41) is 9.25. The quantitative estimate of drug-likeness (QED) is 0.444. The highest BCUT2D eigenvalue weighted by Crippen LogP contribution is 2.23. The van der Waals surface area contributed by atoms with Gasteiger partial charge in [0.15, 0.2) is 5.78 Å². The second kappa shape index (κ2) is 7.14. The first-order valence-electron chi connectivity index (χ1n) is 6.25. The van der Waals surface area contributed by atoms with Gasteiger partial charge in [0.25, 0.3) is 5.92 Å². The maximum atomic E-state index is 13.0. The van der Waals surface area contributed by atoms with Crippen LogP contribution < -0.4 is 0 Å². The first-order chi connectivity index (χ1) is 8.97. The van der Waals surface area contributed by atoms with Crippen molar-refractivity contribution in [1.82, 2.24) is 0 Å². The van der Waals surface area contributed by atoms with Gasteiger partial charge in [0.1, 0.15) is 6.10 Å². The molecule has 0 amide bonds. The van der Waals surface area contributed by atoms with E-state index in [1.807, 2.05) is 6.07 Å². The highest BCUT2D eigenvalue weighted by Gasteiger charge is 2.33. The van der Waals surface area contributed by atoms with E-state index in [0.717, 1.165) is 0 Å². The Morgan fingerprint density at radius 3 is 2.53 bits per heavy atom. The van der Waals surface area contributed by atoms with Crippen molar-refractivity contribution in [1.29, 1.82) is 0 Å². The molecule has 0 aliphatic rings. The molecule has 2 nitrogen and oxygen atoms in total. The molecule has 0 saturated heterocycles. The zero-order chi connectivity index (χ0) is 14.3. The van der Waals surface area contributed by atoms with Crippen LogP contribution in [0.5, 0.6) is 0 Å². The molecule has 1 unspecified atom stereocenters. The summed E-state index contributed by atoms with van der Waals surface area (Å²) in [5.74, 6) is -3.27. The minimum Gasteiger partial charge on any atom is -0.386 e. The van der Waals surface area contributed by atoms with Gasteiger partial charge in [0.2, 0.25) is 0 Å². The number of carbonyl (C=O) groups excluding carboxylic acids is 1. The van der Waals surface area contributed by atoms with Crippen molar-refractivity contribution in [3.63, 3.8) is 0 Å². The van der Waals surface area contributed by atoms with Gasteiger partial charge in [-0.25, -0.2) is 0 Å². The second-order valence-electron chi connectivity index (χ2n) is 4.43. The molecule has 19 heavy (non-hydrogen) atoms. The molecule has 0 radical (unpaired) electrons. The number of rotatable bonds is 8. The standard InChI is InChI=1S/C15H18F2O2/c1-2-15(16,17)14(19)11-7-6-10-13(18)12-8-4-3-5-9-12/h2-5,8-9,14,19H,1,6-7,10-11H2. The molecule has 1 aromatic rings. The number of hydrogen-bond donors (Lipinski definition) is 1. The number of alkyl halides is 2. The van der Waals surface area contributed by atoms with Gasteiger partial charge in [-0.15, -0.1) is 0 Å². The fraction of sp³-hybridized carbons (Fsp3) is 0.400. The molecular formula is C15H18F2O2. The number of benzene rings is 1. The van der Waals surface area contributed by atoms with E-state index in [1.54, 1.807) is 24.3 Å². The van der Waals surface area contributed by atoms with Gasteiger partial charge >= 0.3 is 0 Å². The Hall–Kier alpha value is -1.55. The Kier molecular flexibility index (Phi) is 5.83. The van der Waals surface area contributed by atoms with Crippen LogP contribution in [-0.4, -0.2) is 22.9 Å². The Labute approximate surface area is 111 Å². The molecule has 0 aromatic heterocycles. The van der Waals surface area contributed by atoms with E-state index < -0.39 is 12.0 Å². The SMILES string of the molecule is C=CC(F)(F)C(O)CCCCC(=O)c1ccccc1. The molecule has 1 aromatic carbocycles. The lowest BCUT2D eigenvalue weighted by atomic mass is 10.0. The number of hydrogen-bond acceptors (Lipinski definition) is 2. The second-order valence-corrected chi connectivity index (χ2v) is 4.43. The highest BCUT2D eigenvalue weighted by atomic mass is 19.3. The third-order valence-electron chi connectivity index (χ3n) is 2.94. The largest absolute Gasteiger partial charge is 0.386 e. The first kappa shape index (κ1) is 15.5. The van der Waals surface area contributed by atoms with E-state index in [4.69, 9.17) is 0 Å².